The Kier molecular flexibility index (Phi) is 5.74. The summed E-state index contributed by atoms with van der Waals surface area (Å²) in [7, 11) is 0. The molecule has 0 aliphatic rings. The predicted octanol–water partition coefficient (Wildman–Crippen LogP) is 4.90. The fourth-order valence-electron chi connectivity index (χ4n) is 2.03. The first-order valence-corrected chi connectivity index (χ1v) is 8.14. The lowest BCUT2D eigenvalue weighted by Gasteiger charge is -2.11. The number of thiocarbonyl (C=S) groups is 1. The van der Waals surface area contributed by atoms with Crippen molar-refractivity contribution in [3.05, 3.63) is 64.2 Å². The number of hydrogen-bond acceptors (Lipinski definition) is 2. The molecule has 0 atom stereocenters. The van der Waals surface area contributed by atoms with E-state index in [1.165, 1.54) is 5.56 Å². The molecule has 0 radical (unpaired) electrons. The van der Waals surface area contributed by atoms with Crippen molar-refractivity contribution in [3.63, 3.8) is 0 Å². The van der Waals surface area contributed by atoms with Crippen molar-refractivity contribution in [1.29, 1.82) is 0 Å². The Hall–Kier alpha value is -1.91. The topological polar surface area (TPSA) is 41.1 Å². The van der Waals surface area contributed by atoms with Gasteiger partial charge in [0.2, 0.25) is 0 Å². The largest absolute Gasteiger partial charge is 0.332 e. The molecule has 0 spiro atoms. The van der Waals surface area contributed by atoms with Gasteiger partial charge in [-0.05, 0) is 60.5 Å². The quantitative estimate of drug-likeness (QED) is 0.777. The Labute approximate surface area is 147 Å². The van der Waals surface area contributed by atoms with E-state index >= 15 is 0 Å². The molecule has 0 aromatic heterocycles. The van der Waals surface area contributed by atoms with Crippen LogP contribution in [-0.2, 0) is 0 Å². The number of benzene rings is 2. The molecule has 5 heteroatoms. The SMILES string of the molecule is Cc1ccc(NC(=S)NC(=O)c2ccc(C(C)C)cc2)cc1Cl. The summed E-state index contributed by atoms with van der Waals surface area (Å²) in [6.45, 7) is 6.15. The lowest BCUT2D eigenvalue weighted by molar-refractivity contribution is 0.0977. The van der Waals surface area contributed by atoms with Gasteiger partial charge in [0.05, 0.1) is 0 Å². The Balaban J connectivity index is 1.99. The monoisotopic (exact) mass is 346 g/mol. The number of rotatable bonds is 3. The number of carbonyl (C=O) groups is 1. The summed E-state index contributed by atoms with van der Waals surface area (Å²) in [6, 6.07) is 13.0. The molecule has 2 N–H and O–H groups in total. The van der Waals surface area contributed by atoms with Crippen LogP contribution in [0.25, 0.3) is 0 Å². The van der Waals surface area contributed by atoms with E-state index in [1.807, 2.05) is 31.2 Å². The highest BCUT2D eigenvalue weighted by Crippen LogP contribution is 2.20. The van der Waals surface area contributed by atoms with E-state index in [9.17, 15) is 4.79 Å². The van der Waals surface area contributed by atoms with Crippen LogP contribution in [0.15, 0.2) is 42.5 Å². The van der Waals surface area contributed by atoms with Crippen molar-refractivity contribution in [1.82, 2.24) is 5.32 Å². The molecule has 0 saturated heterocycles. The lowest BCUT2D eigenvalue weighted by atomic mass is 10.0. The summed E-state index contributed by atoms with van der Waals surface area (Å²) < 4.78 is 0. The summed E-state index contributed by atoms with van der Waals surface area (Å²) >= 11 is 11.2. The van der Waals surface area contributed by atoms with Gasteiger partial charge >= 0.3 is 0 Å². The maximum Gasteiger partial charge on any atom is 0.257 e. The molecule has 0 saturated carbocycles. The molecule has 120 valence electrons. The summed E-state index contributed by atoms with van der Waals surface area (Å²) in [4.78, 5) is 12.2. The molecule has 1 amide bonds. The van der Waals surface area contributed by atoms with Crippen LogP contribution in [-0.4, -0.2) is 11.0 Å². The van der Waals surface area contributed by atoms with Crippen molar-refractivity contribution < 1.29 is 4.79 Å². The predicted molar refractivity (Wildman–Crippen MR) is 100 cm³/mol. The minimum atomic E-state index is -0.240. The van der Waals surface area contributed by atoms with Crippen molar-refractivity contribution in [2.45, 2.75) is 26.7 Å². The van der Waals surface area contributed by atoms with Crippen molar-refractivity contribution in [2.75, 3.05) is 5.32 Å². The fraction of sp³-hybridized carbons (Fsp3) is 0.222. The average molecular weight is 347 g/mol. The molecule has 2 aromatic rings. The molecular weight excluding hydrogens is 328 g/mol. The van der Waals surface area contributed by atoms with Gasteiger partial charge in [-0.3, -0.25) is 10.1 Å². The average Bonchev–Trinajstić information content (AvgIpc) is 2.51. The van der Waals surface area contributed by atoms with E-state index in [-0.39, 0.29) is 11.0 Å². The van der Waals surface area contributed by atoms with Gasteiger partial charge in [-0.25, -0.2) is 0 Å². The van der Waals surface area contributed by atoms with Crippen LogP contribution < -0.4 is 10.6 Å². The highest BCUT2D eigenvalue weighted by Gasteiger charge is 2.09. The Morgan fingerprint density at radius 1 is 1.13 bits per heavy atom. The number of halogens is 1. The Bertz CT molecular complexity index is 726. The van der Waals surface area contributed by atoms with Crippen LogP contribution in [0.5, 0.6) is 0 Å². The molecule has 2 rings (SSSR count). The van der Waals surface area contributed by atoms with Gasteiger partial charge in [-0.1, -0.05) is 43.6 Å². The van der Waals surface area contributed by atoms with E-state index in [0.29, 0.717) is 16.5 Å². The van der Waals surface area contributed by atoms with Gasteiger partial charge in [-0.2, -0.15) is 0 Å². The zero-order chi connectivity index (χ0) is 17.0. The zero-order valence-corrected chi connectivity index (χ0v) is 14.9. The number of anilines is 1. The fourth-order valence-corrected chi connectivity index (χ4v) is 2.42. The maximum atomic E-state index is 12.2. The summed E-state index contributed by atoms with van der Waals surface area (Å²) in [6.07, 6.45) is 0. The molecule has 0 fully saturated rings. The van der Waals surface area contributed by atoms with E-state index in [0.717, 1.165) is 11.3 Å². The molecule has 0 heterocycles. The molecule has 0 unspecified atom stereocenters. The van der Waals surface area contributed by atoms with Crippen LogP contribution in [0.3, 0.4) is 0 Å². The van der Waals surface area contributed by atoms with Crippen molar-refractivity contribution in [3.8, 4) is 0 Å². The molecule has 0 aliphatic heterocycles. The zero-order valence-electron chi connectivity index (χ0n) is 13.3. The third-order valence-corrected chi connectivity index (χ3v) is 4.11. The second-order valence-corrected chi connectivity index (χ2v) is 6.46. The molecule has 0 bridgehead atoms. The number of carbonyl (C=O) groups excluding carboxylic acids is 1. The number of nitrogens with one attached hydrogen (secondary N) is 2. The van der Waals surface area contributed by atoms with Gasteiger partial charge in [-0.15, -0.1) is 0 Å². The van der Waals surface area contributed by atoms with Crippen LogP contribution >= 0.6 is 23.8 Å². The van der Waals surface area contributed by atoms with E-state index in [1.54, 1.807) is 18.2 Å². The molecule has 0 aliphatic carbocycles. The summed E-state index contributed by atoms with van der Waals surface area (Å²) in [5.41, 5.74) is 3.48. The third kappa shape index (κ3) is 4.78. The van der Waals surface area contributed by atoms with Crippen LogP contribution in [0.2, 0.25) is 5.02 Å². The molecular formula is C18H19ClN2OS. The highest BCUT2D eigenvalue weighted by molar-refractivity contribution is 7.80. The smallest absolute Gasteiger partial charge is 0.257 e. The van der Waals surface area contributed by atoms with E-state index in [4.69, 9.17) is 23.8 Å². The first-order chi connectivity index (χ1) is 10.9. The van der Waals surface area contributed by atoms with E-state index < -0.39 is 0 Å². The molecule has 23 heavy (non-hydrogen) atoms. The normalized spacial score (nSPS) is 10.5. The van der Waals surface area contributed by atoms with Crippen molar-refractivity contribution >= 4 is 40.5 Å². The third-order valence-electron chi connectivity index (χ3n) is 3.50. The van der Waals surface area contributed by atoms with Gasteiger partial charge in [0, 0.05) is 16.3 Å². The van der Waals surface area contributed by atoms with Crippen LogP contribution in [0, 0.1) is 6.92 Å². The second kappa shape index (κ2) is 7.57. The summed E-state index contributed by atoms with van der Waals surface area (Å²) in [5.74, 6) is 0.192. The van der Waals surface area contributed by atoms with Gasteiger partial charge in [0.25, 0.3) is 5.91 Å². The number of amides is 1. The number of hydrogen-bond donors (Lipinski definition) is 2. The molecule has 2 aromatic carbocycles. The first-order valence-electron chi connectivity index (χ1n) is 7.35. The van der Waals surface area contributed by atoms with Crippen molar-refractivity contribution in [2.24, 2.45) is 0 Å². The second-order valence-electron chi connectivity index (χ2n) is 5.65. The maximum absolute atomic E-state index is 12.2. The molecule has 3 nitrogen and oxygen atoms in total. The standard InChI is InChI=1S/C18H19ClN2OS/c1-11(2)13-5-7-14(8-6-13)17(22)21-18(23)20-15-9-4-12(3)16(19)10-15/h4-11H,1-3H3,(H2,20,21,22,23). The van der Waals surface area contributed by atoms with E-state index in [2.05, 4.69) is 24.5 Å². The Morgan fingerprint density at radius 3 is 2.35 bits per heavy atom. The van der Waals surface area contributed by atoms with Gasteiger partial charge in [0.1, 0.15) is 0 Å². The lowest BCUT2D eigenvalue weighted by Crippen LogP contribution is -2.34. The van der Waals surface area contributed by atoms with Crippen LogP contribution in [0.4, 0.5) is 5.69 Å². The first kappa shape index (κ1) is 17.4. The van der Waals surface area contributed by atoms with Crippen LogP contribution in [0.1, 0.15) is 41.3 Å². The van der Waals surface area contributed by atoms with Gasteiger partial charge in [0.15, 0.2) is 5.11 Å². The summed E-state index contributed by atoms with van der Waals surface area (Å²) in [5, 5.41) is 6.51. The van der Waals surface area contributed by atoms with Gasteiger partial charge < -0.3 is 5.32 Å². The minimum Gasteiger partial charge on any atom is -0.332 e. The highest BCUT2D eigenvalue weighted by atomic mass is 35.5. The minimum absolute atomic E-state index is 0.239. The Morgan fingerprint density at radius 2 is 1.78 bits per heavy atom. The number of aryl methyl sites for hydroxylation is 1.